The minimum absolute atomic E-state index is 0.990. The van der Waals surface area contributed by atoms with Crippen molar-refractivity contribution in [1.82, 2.24) is 5.32 Å². The molecule has 54 valence electrons. The van der Waals surface area contributed by atoms with Crippen LogP contribution in [0.25, 0.3) is 0 Å². The minimum Gasteiger partial charge on any atom is -0.385 e. The molecule has 1 N–H and O–H groups in total. The third-order valence-corrected chi connectivity index (χ3v) is 1.36. The van der Waals surface area contributed by atoms with Gasteiger partial charge in [-0.2, -0.15) is 0 Å². The summed E-state index contributed by atoms with van der Waals surface area (Å²) in [7, 11) is 0. The van der Waals surface area contributed by atoms with Crippen molar-refractivity contribution in [3.63, 3.8) is 0 Å². The van der Waals surface area contributed by atoms with Crippen molar-refractivity contribution in [2.24, 2.45) is 0 Å². The van der Waals surface area contributed by atoms with E-state index in [4.69, 9.17) is 0 Å². The summed E-state index contributed by atoms with van der Waals surface area (Å²) >= 11 is 0. The molecule has 0 fully saturated rings. The van der Waals surface area contributed by atoms with Gasteiger partial charge in [0, 0.05) is 12.2 Å². The molecular weight excluding hydrogens is 122 g/mol. The Labute approximate surface area is 62.1 Å². The Morgan fingerprint density at radius 1 is 1.50 bits per heavy atom. The zero-order valence-electron chi connectivity index (χ0n) is 6.30. The highest BCUT2D eigenvalue weighted by Gasteiger charge is 1.87. The van der Waals surface area contributed by atoms with Crippen molar-refractivity contribution in [3.05, 3.63) is 36.1 Å². The summed E-state index contributed by atoms with van der Waals surface area (Å²) in [6.45, 7) is 3.09. The molecule has 0 saturated carbocycles. The quantitative estimate of drug-likeness (QED) is 0.610. The third kappa shape index (κ3) is 2.09. The first-order chi connectivity index (χ1) is 4.93. The summed E-state index contributed by atoms with van der Waals surface area (Å²) < 4.78 is 0. The topological polar surface area (TPSA) is 12.0 Å². The first-order valence-electron chi connectivity index (χ1n) is 3.70. The van der Waals surface area contributed by atoms with Gasteiger partial charge >= 0.3 is 0 Å². The Morgan fingerprint density at radius 2 is 2.40 bits per heavy atom. The summed E-state index contributed by atoms with van der Waals surface area (Å²) in [5, 5.41) is 3.25. The van der Waals surface area contributed by atoms with Gasteiger partial charge in [-0.15, -0.1) is 0 Å². The molecule has 1 rings (SSSR count). The molecule has 0 heterocycles. The van der Waals surface area contributed by atoms with Crippen molar-refractivity contribution < 1.29 is 0 Å². The van der Waals surface area contributed by atoms with Gasteiger partial charge in [-0.1, -0.05) is 18.2 Å². The monoisotopic (exact) mass is 135 g/mol. The van der Waals surface area contributed by atoms with Crippen LogP contribution < -0.4 is 5.32 Å². The van der Waals surface area contributed by atoms with Gasteiger partial charge < -0.3 is 5.32 Å². The van der Waals surface area contributed by atoms with Crippen LogP contribution in [0.5, 0.6) is 0 Å². The van der Waals surface area contributed by atoms with E-state index in [0.29, 0.717) is 0 Å². The molecule has 1 aliphatic rings. The van der Waals surface area contributed by atoms with E-state index in [0.717, 1.165) is 13.0 Å². The van der Waals surface area contributed by atoms with Crippen LogP contribution in [0.4, 0.5) is 0 Å². The summed E-state index contributed by atoms with van der Waals surface area (Å²) in [6, 6.07) is 0. The summed E-state index contributed by atoms with van der Waals surface area (Å²) in [4.78, 5) is 0. The van der Waals surface area contributed by atoms with Gasteiger partial charge in [0.15, 0.2) is 0 Å². The molecule has 0 aromatic carbocycles. The second-order valence-electron chi connectivity index (χ2n) is 2.22. The second kappa shape index (κ2) is 3.94. The Kier molecular flexibility index (Phi) is 2.81. The number of likely N-dealkylation sites (N-methyl/N-ethyl adjacent to an activating group) is 1. The highest BCUT2D eigenvalue weighted by molar-refractivity contribution is 5.25. The van der Waals surface area contributed by atoms with Gasteiger partial charge in [-0.3, -0.25) is 0 Å². The number of allylic oxidation sites excluding steroid dienone is 5. The fourth-order valence-corrected chi connectivity index (χ4v) is 0.901. The van der Waals surface area contributed by atoms with Crippen molar-refractivity contribution >= 4 is 0 Å². The lowest BCUT2D eigenvalue weighted by Crippen LogP contribution is -2.09. The first-order valence-corrected chi connectivity index (χ1v) is 3.70. The molecule has 0 bridgehead atoms. The molecule has 1 nitrogen and oxygen atoms in total. The lowest BCUT2D eigenvalue weighted by molar-refractivity contribution is 0.879. The third-order valence-electron chi connectivity index (χ3n) is 1.36. The maximum Gasteiger partial charge on any atom is 0.0336 e. The van der Waals surface area contributed by atoms with Crippen LogP contribution in [0.1, 0.15) is 13.3 Å². The summed E-state index contributed by atoms with van der Waals surface area (Å²) in [5.74, 6) is 0. The van der Waals surface area contributed by atoms with E-state index in [1.807, 2.05) is 0 Å². The highest BCUT2D eigenvalue weighted by atomic mass is 14.9. The average Bonchev–Trinajstić information content (AvgIpc) is 2.17. The van der Waals surface area contributed by atoms with E-state index >= 15 is 0 Å². The van der Waals surface area contributed by atoms with Crippen molar-refractivity contribution in [3.8, 4) is 0 Å². The van der Waals surface area contributed by atoms with Crippen LogP contribution in [-0.2, 0) is 0 Å². The van der Waals surface area contributed by atoms with E-state index in [1.54, 1.807) is 0 Å². The standard InChI is InChI=1S/C9H13N/c1-2-10-9-7-5-3-4-6-8-9/h3,5-8,10H,2,4H2,1H3. The van der Waals surface area contributed by atoms with E-state index in [-0.39, 0.29) is 0 Å². The molecule has 0 spiro atoms. The van der Waals surface area contributed by atoms with Gasteiger partial charge in [0.1, 0.15) is 0 Å². The predicted octanol–water partition coefficient (Wildman–Crippen LogP) is 2.00. The zero-order chi connectivity index (χ0) is 7.23. The van der Waals surface area contributed by atoms with Crippen LogP contribution >= 0.6 is 0 Å². The lowest BCUT2D eigenvalue weighted by Gasteiger charge is -2.00. The van der Waals surface area contributed by atoms with Crippen LogP contribution in [0.3, 0.4) is 0 Å². The Balaban J connectivity index is 2.55. The van der Waals surface area contributed by atoms with E-state index in [2.05, 4.69) is 42.6 Å². The SMILES string of the molecule is CCNC1=CC=CCC=C1. The van der Waals surface area contributed by atoms with Crippen LogP contribution in [0, 0.1) is 0 Å². The molecule has 0 unspecified atom stereocenters. The average molecular weight is 135 g/mol. The molecule has 10 heavy (non-hydrogen) atoms. The van der Waals surface area contributed by atoms with Crippen LogP contribution in [0.15, 0.2) is 36.1 Å². The van der Waals surface area contributed by atoms with Gasteiger partial charge in [0.25, 0.3) is 0 Å². The van der Waals surface area contributed by atoms with E-state index < -0.39 is 0 Å². The molecule has 1 heteroatoms. The molecule has 0 aromatic heterocycles. The fraction of sp³-hybridized carbons (Fsp3) is 0.333. The highest BCUT2D eigenvalue weighted by Crippen LogP contribution is 2.00. The molecular formula is C9H13N. The molecule has 0 saturated heterocycles. The minimum atomic E-state index is 0.990. The number of nitrogens with one attached hydrogen (secondary N) is 1. The maximum absolute atomic E-state index is 3.25. The first kappa shape index (κ1) is 7.13. The van der Waals surface area contributed by atoms with Crippen LogP contribution in [0.2, 0.25) is 0 Å². The van der Waals surface area contributed by atoms with Gasteiger partial charge in [-0.05, 0) is 25.5 Å². The van der Waals surface area contributed by atoms with Crippen molar-refractivity contribution in [2.75, 3.05) is 6.54 Å². The molecule has 0 atom stereocenters. The van der Waals surface area contributed by atoms with E-state index in [9.17, 15) is 0 Å². The van der Waals surface area contributed by atoms with Gasteiger partial charge in [-0.25, -0.2) is 0 Å². The van der Waals surface area contributed by atoms with Crippen LogP contribution in [-0.4, -0.2) is 6.54 Å². The summed E-state index contributed by atoms with van der Waals surface area (Å²) in [5.41, 5.74) is 1.20. The van der Waals surface area contributed by atoms with Crippen molar-refractivity contribution in [2.45, 2.75) is 13.3 Å². The predicted molar refractivity (Wildman–Crippen MR) is 44.7 cm³/mol. The lowest BCUT2D eigenvalue weighted by atomic mass is 10.3. The molecule has 0 radical (unpaired) electrons. The Hall–Kier alpha value is -0.980. The Morgan fingerprint density at radius 3 is 3.20 bits per heavy atom. The van der Waals surface area contributed by atoms with E-state index in [1.165, 1.54) is 5.70 Å². The second-order valence-corrected chi connectivity index (χ2v) is 2.22. The Bertz CT molecular complexity index is 175. The van der Waals surface area contributed by atoms with Crippen molar-refractivity contribution in [1.29, 1.82) is 0 Å². The van der Waals surface area contributed by atoms with Gasteiger partial charge in [0.2, 0.25) is 0 Å². The largest absolute Gasteiger partial charge is 0.385 e. The smallest absolute Gasteiger partial charge is 0.0336 e. The molecule has 0 amide bonds. The fourth-order valence-electron chi connectivity index (χ4n) is 0.901. The summed E-state index contributed by atoms with van der Waals surface area (Å²) in [6.07, 6.45) is 11.6. The number of hydrogen-bond acceptors (Lipinski definition) is 1. The molecule has 0 aromatic rings. The molecule has 1 aliphatic carbocycles. The zero-order valence-corrected chi connectivity index (χ0v) is 6.30. The number of hydrogen-bond donors (Lipinski definition) is 1. The van der Waals surface area contributed by atoms with Gasteiger partial charge in [0.05, 0.1) is 0 Å². The molecule has 0 aliphatic heterocycles. The number of rotatable bonds is 2. The normalized spacial score (nSPS) is 16.3. The maximum atomic E-state index is 3.25.